The van der Waals surface area contributed by atoms with Crippen molar-refractivity contribution in [3.05, 3.63) is 59.7 Å². The third kappa shape index (κ3) is 7.77. The minimum atomic E-state index is -4.52. The lowest BCUT2D eigenvalue weighted by atomic mass is 10.2. The number of anilines is 1. The number of rotatable bonds is 9. The number of nitrogens with one attached hydrogen (secondary N) is 2. The number of hydrogen-bond acceptors (Lipinski definition) is 6. The number of amides is 2. The summed E-state index contributed by atoms with van der Waals surface area (Å²) in [6, 6.07) is 9.87. The zero-order chi connectivity index (χ0) is 24.6. The number of alkyl halides is 3. The first-order valence-electron chi connectivity index (χ1n) is 10.5. The second kappa shape index (κ2) is 11.5. The topological polar surface area (TPSA) is 103 Å². The maximum atomic E-state index is 12.7. The van der Waals surface area contributed by atoms with Crippen LogP contribution in [0.3, 0.4) is 0 Å². The molecule has 1 aliphatic rings. The lowest BCUT2D eigenvalue weighted by Crippen LogP contribution is -2.34. The van der Waals surface area contributed by atoms with Crippen molar-refractivity contribution in [1.82, 2.24) is 5.32 Å². The van der Waals surface area contributed by atoms with Crippen molar-refractivity contribution in [2.75, 3.05) is 31.7 Å². The van der Waals surface area contributed by atoms with E-state index in [1.54, 1.807) is 0 Å². The first-order valence-corrected chi connectivity index (χ1v) is 10.5. The highest BCUT2D eigenvalue weighted by molar-refractivity contribution is 5.92. The average molecular weight is 480 g/mol. The SMILES string of the molecule is O=C(COC(=O)c1ccc(OCC(=O)Nc2cccc(C(F)(F)F)c2)cc1)NC[C@H]1CCCO1. The highest BCUT2D eigenvalue weighted by Gasteiger charge is 2.30. The minimum absolute atomic E-state index is 0.0127. The smallest absolute Gasteiger partial charge is 0.416 e. The molecule has 1 fully saturated rings. The van der Waals surface area contributed by atoms with Crippen LogP contribution in [0.1, 0.15) is 28.8 Å². The monoisotopic (exact) mass is 480 g/mol. The molecule has 2 aromatic rings. The minimum Gasteiger partial charge on any atom is -0.484 e. The van der Waals surface area contributed by atoms with E-state index in [9.17, 15) is 27.6 Å². The fourth-order valence-electron chi connectivity index (χ4n) is 3.10. The molecule has 0 unspecified atom stereocenters. The molecule has 2 aromatic carbocycles. The van der Waals surface area contributed by atoms with E-state index in [4.69, 9.17) is 14.2 Å². The quantitative estimate of drug-likeness (QED) is 0.535. The van der Waals surface area contributed by atoms with Crippen LogP contribution in [0, 0.1) is 0 Å². The highest BCUT2D eigenvalue weighted by Crippen LogP contribution is 2.30. The van der Waals surface area contributed by atoms with Crippen LogP contribution >= 0.6 is 0 Å². The van der Waals surface area contributed by atoms with E-state index in [0.29, 0.717) is 13.2 Å². The number of carbonyl (C=O) groups is 3. The Labute approximate surface area is 193 Å². The molecule has 0 spiro atoms. The van der Waals surface area contributed by atoms with E-state index in [1.807, 2.05) is 0 Å². The Morgan fingerprint density at radius 2 is 1.79 bits per heavy atom. The fourth-order valence-corrected chi connectivity index (χ4v) is 3.10. The van der Waals surface area contributed by atoms with Gasteiger partial charge in [-0.15, -0.1) is 0 Å². The molecule has 34 heavy (non-hydrogen) atoms. The first kappa shape index (κ1) is 25.0. The molecular weight excluding hydrogens is 457 g/mol. The standard InChI is InChI=1S/C23H23F3N2O6/c24-23(25,26)16-3-1-4-17(11-16)28-21(30)14-33-18-8-6-15(7-9-18)22(31)34-13-20(29)27-12-19-5-2-10-32-19/h1,3-4,6-9,11,19H,2,5,10,12-14H2,(H,27,29)(H,28,30)/t19-/m1/s1. The van der Waals surface area contributed by atoms with Crippen LogP contribution in [0.25, 0.3) is 0 Å². The summed E-state index contributed by atoms with van der Waals surface area (Å²) >= 11 is 0. The number of esters is 1. The van der Waals surface area contributed by atoms with Crippen LogP contribution in [0.5, 0.6) is 5.75 Å². The summed E-state index contributed by atoms with van der Waals surface area (Å²) in [5.74, 6) is -1.54. The van der Waals surface area contributed by atoms with Crippen molar-refractivity contribution in [1.29, 1.82) is 0 Å². The molecular formula is C23H23F3N2O6. The molecule has 0 bridgehead atoms. The number of halogens is 3. The lowest BCUT2D eigenvalue weighted by Gasteiger charge is -2.11. The van der Waals surface area contributed by atoms with Crippen molar-refractivity contribution < 1.29 is 41.8 Å². The predicted octanol–water partition coefficient (Wildman–Crippen LogP) is 3.17. The average Bonchev–Trinajstić information content (AvgIpc) is 3.33. The van der Waals surface area contributed by atoms with Crippen LogP contribution < -0.4 is 15.4 Å². The second-order valence-corrected chi connectivity index (χ2v) is 7.46. The van der Waals surface area contributed by atoms with Crippen LogP contribution in [0.15, 0.2) is 48.5 Å². The summed E-state index contributed by atoms with van der Waals surface area (Å²) in [5.41, 5.74) is -0.719. The van der Waals surface area contributed by atoms with E-state index < -0.39 is 42.7 Å². The Bertz CT molecular complexity index is 1000. The second-order valence-electron chi connectivity index (χ2n) is 7.46. The Hall–Kier alpha value is -3.60. The number of hydrogen-bond donors (Lipinski definition) is 2. The maximum absolute atomic E-state index is 12.7. The van der Waals surface area contributed by atoms with Gasteiger partial charge >= 0.3 is 12.1 Å². The Balaban J connectivity index is 1.40. The van der Waals surface area contributed by atoms with Gasteiger partial charge in [0.15, 0.2) is 13.2 Å². The molecule has 3 rings (SSSR count). The van der Waals surface area contributed by atoms with Crippen molar-refractivity contribution in [3.63, 3.8) is 0 Å². The van der Waals surface area contributed by atoms with Gasteiger partial charge in [0.25, 0.3) is 11.8 Å². The summed E-state index contributed by atoms with van der Waals surface area (Å²) in [5, 5.41) is 4.97. The Kier molecular flexibility index (Phi) is 8.47. The van der Waals surface area contributed by atoms with Gasteiger partial charge in [-0.25, -0.2) is 4.79 Å². The van der Waals surface area contributed by atoms with E-state index in [-0.39, 0.29) is 23.1 Å². The highest BCUT2D eigenvalue weighted by atomic mass is 19.4. The lowest BCUT2D eigenvalue weighted by molar-refractivity contribution is -0.137. The van der Waals surface area contributed by atoms with Gasteiger partial charge in [0, 0.05) is 18.8 Å². The van der Waals surface area contributed by atoms with Crippen LogP contribution in [0.4, 0.5) is 18.9 Å². The molecule has 0 aliphatic carbocycles. The van der Waals surface area contributed by atoms with E-state index in [0.717, 1.165) is 25.0 Å². The van der Waals surface area contributed by atoms with Gasteiger partial charge < -0.3 is 24.8 Å². The molecule has 0 aromatic heterocycles. The molecule has 182 valence electrons. The van der Waals surface area contributed by atoms with Gasteiger partial charge in [-0.2, -0.15) is 13.2 Å². The van der Waals surface area contributed by atoms with Crippen molar-refractivity contribution >= 4 is 23.5 Å². The number of ether oxygens (including phenoxy) is 3. The zero-order valence-corrected chi connectivity index (χ0v) is 18.0. The van der Waals surface area contributed by atoms with E-state index in [1.165, 1.54) is 36.4 Å². The van der Waals surface area contributed by atoms with Gasteiger partial charge in [0.1, 0.15) is 5.75 Å². The Morgan fingerprint density at radius 1 is 1.03 bits per heavy atom. The van der Waals surface area contributed by atoms with E-state index >= 15 is 0 Å². The van der Waals surface area contributed by atoms with Gasteiger partial charge in [-0.05, 0) is 55.3 Å². The molecule has 0 saturated carbocycles. The summed E-state index contributed by atoms with van der Waals surface area (Å²) < 4.78 is 53.9. The van der Waals surface area contributed by atoms with Gasteiger partial charge in [-0.3, -0.25) is 9.59 Å². The molecule has 0 radical (unpaired) electrons. The zero-order valence-electron chi connectivity index (χ0n) is 18.0. The number of carbonyl (C=O) groups excluding carboxylic acids is 3. The van der Waals surface area contributed by atoms with Crippen molar-refractivity contribution in [2.45, 2.75) is 25.1 Å². The molecule has 11 heteroatoms. The van der Waals surface area contributed by atoms with Crippen molar-refractivity contribution in [2.24, 2.45) is 0 Å². The summed E-state index contributed by atoms with van der Waals surface area (Å²) in [6.07, 6.45) is -2.70. The van der Waals surface area contributed by atoms with Gasteiger partial charge in [0.05, 0.1) is 17.2 Å². The van der Waals surface area contributed by atoms with Gasteiger partial charge in [-0.1, -0.05) is 6.07 Å². The molecule has 1 aliphatic heterocycles. The summed E-state index contributed by atoms with van der Waals surface area (Å²) in [4.78, 5) is 35.8. The third-order valence-corrected chi connectivity index (χ3v) is 4.82. The number of benzene rings is 2. The normalized spacial score (nSPS) is 15.4. The van der Waals surface area contributed by atoms with Crippen molar-refractivity contribution in [3.8, 4) is 5.75 Å². The molecule has 1 atom stereocenters. The van der Waals surface area contributed by atoms with E-state index in [2.05, 4.69) is 10.6 Å². The largest absolute Gasteiger partial charge is 0.484 e. The first-order chi connectivity index (χ1) is 16.2. The summed E-state index contributed by atoms with van der Waals surface area (Å²) in [6.45, 7) is 0.157. The molecule has 2 N–H and O–H groups in total. The third-order valence-electron chi connectivity index (χ3n) is 4.82. The van der Waals surface area contributed by atoms with Crippen LogP contribution in [0.2, 0.25) is 0 Å². The Morgan fingerprint density at radius 3 is 2.47 bits per heavy atom. The molecule has 2 amide bonds. The molecule has 8 nitrogen and oxygen atoms in total. The van der Waals surface area contributed by atoms with Crippen LogP contribution in [-0.4, -0.2) is 50.3 Å². The van der Waals surface area contributed by atoms with Crippen LogP contribution in [-0.2, 0) is 25.2 Å². The van der Waals surface area contributed by atoms with Gasteiger partial charge in [0.2, 0.25) is 0 Å². The summed E-state index contributed by atoms with van der Waals surface area (Å²) in [7, 11) is 0. The predicted molar refractivity (Wildman–Crippen MR) is 114 cm³/mol. The fraction of sp³-hybridized carbons (Fsp3) is 0.348. The molecule has 1 heterocycles. The molecule has 1 saturated heterocycles. The maximum Gasteiger partial charge on any atom is 0.416 e.